The third-order valence-electron chi connectivity index (χ3n) is 2.11. The summed E-state index contributed by atoms with van der Waals surface area (Å²) >= 11 is 1.58. The second-order valence-corrected chi connectivity index (χ2v) is 4.33. The average Bonchev–Trinajstić information content (AvgIpc) is 2.07. The van der Waals surface area contributed by atoms with E-state index in [1.54, 1.807) is 11.8 Å². The zero-order valence-corrected chi connectivity index (χ0v) is 8.91. The van der Waals surface area contributed by atoms with Gasteiger partial charge in [-0.05, 0) is 25.0 Å². The molecule has 0 radical (unpaired) electrons. The topological polar surface area (TPSA) is 37.3 Å². The number of rotatable bonds is 6. The largest absolute Gasteiger partial charge is 0.480 e. The van der Waals surface area contributed by atoms with Gasteiger partial charge in [-0.1, -0.05) is 20.8 Å². The minimum atomic E-state index is -0.661. The quantitative estimate of drug-likeness (QED) is 0.699. The maximum atomic E-state index is 11.0. The van der Waals surface area contributed by atoms with Crippen molar-refractivity contribution in [3.05, 3.63) is 0 Å². The van der Waals surface area contributed by atoms with Gasteiger partial charge in [0.05, 0.1) is 0 Å². The molecular weight excluding hydrogens is 172 g/mol. The standard InChI is InChI=1S/C9H18O2S/c1-4-7-12-9(5-2,6-3)8(10)11/h4-7H2,1-3H3,(H,10,11). The van der Waals surface area contributed by atoms with Gasteiger partial charge >= 0.3 is 5.97 Å². The lowest BCUT2D eigenvalue weighted by molar-refractivity contribution is -0.140. The highest BCUT2D eigenvalue weighted by atomic mass is 32.2. The molecule has 0 heterocycles. The van der Waals surface area contributed by atoms with E-state index < -0.39 is 10.7 Å². The predicted octanol–water partition coefficient (Wildman–Crippen LogP) is 2.77. The minimum absolute atomic E-state index is 0.532. The molecule has 0 amide bonds. The molecule has 2 nitrogen and oxygen atoms in total. The summed E-state index contributed by atoms with van der Waals surface area (Å²) in [6.45, 7) is 5.96. The molecule has 0 spiro atoms. The first-order chi connectivity index (χ1) is 5.63. The zero-order chi connectivity index (χ0) is 9.61. The van der Waals surface area contributed by atoms with Crippen LogP contribution < -0.4 is 0 Å². The molecule has 0 aromatic rings. The van der Waals surface area contributed by atoms with Crippen molar-refractivity contribution in [1.82, 2.24) is 0 Å². The predicted molar refractivity (Wildman–Crippen MR) is 53.7 cm³/mol. The van der Waals surface area contributed by atoms with Crippen molar-refractivity contribution >= 4 is 17.7 Å². The van der Waals surface area contributed by atoms with Crippen LogP contribution in [0.4, 0.5) is 0 Å². The molecule has 0 saturated heterocycles. The van der Waals surface area contributed by atoms with Gasteiger partial charge in [0.2, 0.25) is 0 Å². The van der Waals surface area contributed by atoms with Gasteiger partial charge in [0.15, 0.2) is 0 Å². The van der Waals surface area contributed by atoms with E-state index in [1.807, 2.05) is 13.8 Å². The van der Waals surface area contributed by atoms with Gasteiger partial charge in [0, 0.05) is 0 Å². The molecule has 0 aromatic carbocycles. The molecule has 0 saturated carbocycles. The molecule has 0 aliphatic heterocycles. The molecule has 0 unspecified atom stereocenters. The Labute approximate surface area is 78.7 Å². The van der Waals surface area contributed by atoms with E-state index in [9.17, 15) is 4.79 Å². The Kier molecular flexibility index (Phi) is 5.38. The molecule has 0 aliphatic rings. The fourth-order valence-electron chi connectivity index (χ4n) is 1.12. The number of carboxylic acid groups (broad SMARTS) is 1. The minimum Gasteiger partial charge on any atom is -0.480 e. The summed E-state index contributed by atoms with van der Waals surface area (Å²) in [5.41, 5.74) is 0. The lowest BCUT2D eigenvalue weighted by Crippen LogP contribution is -2.33. The Bertz CT molecular complexity index is 141. The van der Waals surface area contributed by atoms with Crippen molar-refractivity contribution in [3.8, 4) is 0 Å². The average molecular weight is 190 g/mol. The van der Waals surface area contributed by atoms with E-state index in [0.717, 1.165) is 12.2 Å². The summed E-state index contributed by atoms with van der Waals surface area (Å²) in [5.74, 6) is 0.277. The Hall–Kier alpha value is -0.180. The highest BCUT2D eigenvalue weighted by Gasteiger charge is 2.34. The van der Waals surface area contributed by atoms with E-state index >= 15 is 0 Å². The molecule has 0 fully saturated rings. The van der Waals surface area contributed by atoms with E-state index in [1.165, 1.54) is 0 Å². The molecule has 0 atom stereocenters. The SMILES string of the molecule is CCCSC(CC)(CC)C(=O)O. The van der Waals surface area contributed by atoms with Crippen LogP contribution in [-0.2, 0) is 4.79 Å². The molecule has 0 bridgehead atoms. The second-order valence-electron chi connectivity index (χ2n) is 2.86. The van der Waals surface area contributed by atoms with Gasteiger partial charge < -0.3 is 5.11 Å². The van der Waals surface area contributed by atoms with Crippen molar-refractivity contribution in [3.63, 3.8) is 0 Å². The molecule has 72 valence electrons. The van der Waals surface area contributed by atoms with Crippen molar-refractivity contribution in [2.24, 2.45) is 0 Å². The highest BCUT2D eigenvalue weighted by Crippen LogP contribution is 2.33. The van der Waals surface area contributed by atoms with Gasteiger partial charge in [0.25, 0.3) is 0 Å². The lowest BCUT2D eigenvalue weighted by atomic mass is 10.0. The molecule has 0 rings (SSSR count). The van der Waals surface area contributed by atoms with Gasteiger partial charge in [-0.15, -0.1) is 11.8 Å². The van der Waals surface area contributed by atoms with Crippen LogP contribution in [-0.4, -0.2) is 21.6 Å². The van der Waals surface area contributed by atoms with Crippen molar-refractivity contribution < 1.29 is 9.90 Å². The lowest BCUT2D eigenvalue weighted by Gasteiger charge is -2.25. The van der Waals surface area contributed by atoms with E-state index in [-0.39, 0.29) is 0 Å². The molecule has 1 N–H and O–H groups in total. The summed E-state index contributed by atoms with van der Waals surface area (Å²) in [6, 6.07) is 0. The Morgan fingerprint density at radius 3 is 2.08 bits per heavy atom. The first kappa shape index (κ1) is 11.8. The van der Waals surface area contributed by atoms with E-state index in [2.05, 4.69) is 6.92 Å². The Balaban J connectivity index is 4.25. The van der Waals surface area contributed by atoms with Crippen molar-refractivity contribution in [1.29, 1.82) is 0 Å². The Morgan fingerprint density at radius 2 is 1.83 bits per heavy atom. The van der Waals surface area contributed by atoms with Gasteiger partial charge in [-0.3, -0.25) is 4.79 Å². The zero-order valence-electron chi connectivity index (χ0n) is 8.09. The number of carbonyl (C=O) groups is 1. The summed E-state index contributed by atoms with van der Waals surface area (Å²) in [4.78, 5) is 11.0. The fraction of sp³-hybridized carbons (Fsp3) is 0.889. The van der Waals surface area contributed by atoms with Crippen LogP contribution in [0.2, 0.25) is 0 Å². The third kappa shape index (κ3) is 2.70. The second kappa shape index (κ2) is 5.46. The summed E-state index contributed by atoms with van der Waals surface area (Å²) in [7, 11) is 0. The molecule has 0 aliphatic carbocycles. The summed E-state index contributed by atoms with van der Waals surface area (Å²) in [5, 5.41) is 9.03. The van der Waals surface area contributed by atoms with Gasteiger partial charge in [-0.25, -0.2) is 0 Å². The maximum absolute atomic E-state index is 11.0. The number of hydrogen-bond donors (Lipinski definition) is 1. The van der Waals surface area contributed by atoms with Crippen molar-refractivity contribution in [2.75, 3.05) is 5.75 Å². The number of carboxylic acids is 1. The molecular formula is C9H18O2S. The number of aliphatic carboxylic acids is 1. The van der Waals surface area contributed by atoms with Gasteiger partial charge in [-0.2, -0.15) is 0 Å². The van der Waals surface area contributed by atoms with Crippen molar-refractivity contribution in [2.45, 2.75) is 44.8 Å². The van der Waals surface area contributed by atoms with E-state index in [0.29, 0.717) is 12.8 Å². The third-order valence-corrected chi connectivity index (χ3v) is 4.03. The molecule has 3 heteroatoms. The summed E-state index contributed by atoms with van der Waals surface area (Å²) in [6.07, 6.45) is 2.46. The van der Waals surface area contributed by atoms with E-state index in [4.69, 9.17) is 5.11 Å². The van der Waals surface area contributed by atoms with Gasteiger partial charge in [0.1, 0.15) is 4.75 Å². The van der Waals surface area contributed by atoms with Crippen LogP contribution >= 0.6 is 11.8 Å². The van der Waals surface area contributed by atoms with Crippen LogP contribution in [0.5, 0.6) is 0 Å². The molecule has 0 aromatic heterocycles. The van der Waals surface area contributed by atoms with Crippen LogP contribution in [0, 0.1) is 0 Å². The Morgan fingerprint density at radius 1 is 1.33 bits per heavy atom. The van der Waals surface area contributed by atoms with Crippen LogP contribution in [0.25, 0.3) is 0 Å². The highest BCUT2D eigenvalue weighted by molar-refractivity contribution is 8.01. The monoisotopic (exact) mass is 190 g/mol. The first-order valence-corrected chi connectivity index (χ1v) is 5.48. The number of thioether (sulfide) groups is 1. The fourth-order valence-corrected chi connectivity index (χ4v) is 2.24. The van der Waals surface area contributed by atoms with Crippen LogP contribution in [0.3, 0.4) is 0 Å². The molecule has 12 heavy (non-hydrogen) atoms. The normalized spacial score (nSPS) is 11.6. The smallest absolute Gasteiger partial charge is 0.319 e. The summed E-state index contributed by atoms with van der Waals surface area (Å²) < 4.78 is -0.532. The first-order valence-electron chi connectivity index (χ1n) is 4.50. The van der Waals surface area contributed by atoms with Crippen LogP contribution in [0.1, 0.15) is 40.0 Å². The maximum Gasteiger partial charge on any atom is 0.319 e. The number of hydrogen-bond acceptors (Lipinski definition) is 2. The van der Waals surface area contributed by atoms with Crippen LogP contribution in [0.15, 0.2) is 0 Å².